The van der Waals surface area contributed by atoms with Crippen LogP contribution in [0.2, 0.25) is 0 Å². The topological polar surface area (TPSA) is 50.6 Å². The molecule has 0 aliphatic carbocycles. The first-order chi connectivity index (χ1) is 10.8. The summed E-state index contributed by atoms with van der Waals surface area (Å²) in [6.45, 7) is 11.4. The molecule has 2 atom stereocenters. The predicted octanol–water partition coefficient (Wildman–Crippen LogP) is 1.49. The van der Waals surface area contributed by atoms with Gasteiger partial charge < -0.3 is 9.64 Å². The second-order valence-corrected chi connectivity index (χ2v) is 7.74. The van der Waals surface area contributed by atoms with E-state index in [0.717, 1.165) is 43.9 Å². The zero-order valence-corrected chi connectivity index (χ0v) is 14.9. The Bertz CT molecular complexity index is 590. The quantitative estimate of drug-likeness (QED) is 0.787. The Kier molecular flexibility index (Phi) is 4.23. The molecule has 1 aromatic rings. The number of carbonyl (C=O) groups excluding carboxylic acids is 1. The smallest absolute Gasteiger partial charge is 0.257 e. The molecular formula is C17H28N4O2. The number of amides is 1. The van der Waals surface area contributed by atoms with Crippen LogP contribution in [-0.2, 0) is 10.3 Å². The molecule has 0 radical (unpaired) electrons. The fraction of sp³-hybridized carbons (Fsp3) is 0.765. The summed E-state index contributed by atoms with van der Waals surface area (Å²) in [6.07, 6.45) is 3.06. The van der Waals surface area contributed by atoms with Crippen LogP contribution >= 0.6 is 0 Å². The highest BCUT2D eigenvalue weighted by Gasteiger charge is 2.37. The largest absolute Gasteiger partial charge is 0.375 e. The molecule has 0 saturated carbocycles. The zero-order valence-electron chi connectivity index (χ0n) is 14.9. The fourth-order valence-electron chi connectivity index (χ4n) is 3.41. The van der Waals surface area contributed by atoms with Crippen molar-refractivity contribution in [3.63, 3.8) is 0 Å². The minimum absolute atomic E-state index is 0.0930. The number of morpholine rings is 1. The minimum Gasteiger partial charge on any atom is -0.375 e. The number of ether oxygens (including phenoxy) is 1. The third-order valence-corrected chi connectivity index (χ3v) is 4.97. The van der Waals surface area contributed by atoms with Crippen LogP contribution in [0.15, 0.2) is 6.20 Å². The van der Waals surface area contributed by atoms with Crippen LogP contribution in [0.1, 0.15) is 43.2 Å². The molecule has 2 aliphatic heterocycles. The van der Waals surface area contributed by atoms with Gasteiger partial charge in [0.05, 0.1) is 35.5 Å². The van der Waals surface area contributed by atoms with E-state index < -0.39 is 0 Å². The van der Waals surface area contributed by atoms with Crippen LogP contribution in [0.5, 0.6) is 0 Å². The lowest BCUT2D eigenvalue weighted by Gasteiger charge is -2.45. The van der Waals surface area contributed by atoms with Gasteiger partial charge in [-0.3, -0.25) is 14.4 Å². The molecule has 23 heavy (non-hydrogen) atoms. The highest BCUT2D eigenvalue weighted by atomic mass is 16.5. The van der Waals surface area contributed by atoms with Crippen LogP contribution < -0.4 is 0 Å². The third kappa shape index (κ3) is 3.15. The Morgan fingerprint density at radius 2 is 2.09 bits per heavy atom. The molecule has 3 heterocycles. The van der Waals surface area contributed by atoms with E-state index in [1.807, 2.05) is 22.7 Å². The van der Waals surface area contributed by atoms with Crippen molar-refractivity contribution in [3.8, 4) is 0 Å². The van der Waals surface area contributed by atoms with Crippen molar-refractivity contribution in [2.24, 2.45) is 0 Å². The number of hydrogen-bond donors (Lipinski definition) is 0. The van der Waals surface area contributed by atoms with Crippen molar-refractivity contribution in [3.05, 3.63) is 17.5 Å². The molecule has 1 aromatic heterocycles. The number of aryl methyl sites for hydroxylation is 1. The van der Waals surface area contributed by atoms with E-state index >= 15 is 0 Å². The van der Waals surface area contributed by atoms with Gasteiger partial charge in [0.1, 0.15) is 0 Å². The molecule has 3 rings (SSSR count). The van der Waals surface area contributed by atoms with Gasteiger partial charge in [-0.1, -0.05) is 0 Å². The van der Waals surface area contributed by atoms with Gasteiger partial charge in [-0.05, 0) is 41.2 Å². The molecule has 0 unspecified atom stereocenters. The van der Waals surface area contributed by atoms with Gasteiger partial charge in [-0.25, -0.2) is 0 Å². The lowest BCUT2D eigenvalue weighted by Crippen LogP contribution is -2.59. The number of carbonyl (C=O) groups is 1. The number of rotatable bonds is 1. The summed E-state index contributed by atoms with van der Waals surface area (Å²) in [6, 6.07) is 0.305. The van der Waals surface area contributed by atoms with Crippen LogP contribution in [-0.4, -0.2) is 70.9 Å². The SMILES string of the molecule is Cc1nn(C(C)(C)C)cc1C(=O)N1CC[C@H]2OCCN(C)[C@@H]2C1. The number of aromatic nitrogens is 2. The predicted molar refractivity (Wildman–Crippen MR) is 88.6 cm³/mol. The second-order valence-electron chi connectivity index (χ2n) is 7.74. The summed E-state index contributed by atoms with van der Waals surface area (Å²) in [7, 11) is 2.12. The molecule has 6 nitrogen and oxygen atoms in total. The van der Waals surface area contributed by atoms with Gasteiger partial charge in [0.2, 0.25) is 0 Å². The molecular weight excluding hydrogens is 292 g/mol. The van der Waals surface area contributed by atoms with Crippen LogP contribution in [0.3, 0.4) is 0 Å². The van der Waals surface area contributed by atoms with Gasteiger partial charge in [0.15, 0.2) is 0 Å². The fourth-order valence-corrected chi connectivity index (χ4v) is 3.41. The molecule has 0 N–H and O–H groups in total. The van der Waals surface area contributed by atoms with E-state index in [9.17, 15) is 4.79 Å². The van der Waals surface area contributed by atoms with Gasteiger partial charge in [-0.15, -0.1) is 0 Å². The summed E-state index contributed by atoms with van der Waals surface area (Å²) in [5.74, 6) is 0.0930. The molecule has 2 aliphatic rings. The first-order valence-electron chi connectivity index (χ1n) is 8.45. The maximum absolute atomic E-state index is 13.0. The van der Waals surface area contributed by atoms with Crippen molar-refractivity contribution in [1.82, 2.24) is 19.6 Å². The van der Waals surface area contributed by atoms with Crippen molar-refractivity contribution in [2.75, 3.05) is 33.3 Å². The summed E-state index contributed by atoms with van der Waals surface area (Å²) < 4.78 is 7.75. The Balaban J connectivity index is 1.77. The monoisotopic (exact) mass is 320 g/mol. The molecule has 0 aromatic carbocycles. The van der Waals surface area contributed by atoms with E-state index in [1.165, 1.54) is 0 Å². The first-order valence-corrected chi connectivity index (χ1v) is 8.45. The van der Waals surface area contributed by atoms with Gasteiger partial charge in [0.25, 0.3) is 5.91 Å². The summed E-state index contributed by atoms with van der Waals surface area (Å²) in [5.41, 5.74) is 1.41. The van der Waals surface area contributed by atoms with Crippen LogP contribution in [0.25, 0.3) is 0 Å². The van der Waals surface area contributed by atoms with Crippen molar-refractivity contribution >= 4 is 5.91 Å². The van der Waals surface area contributed by atoms with Crippen molar-refractivity contribution < 1.29 is 9.53 Å². The average Bonchev–Trinajstić information content (AvgIpc) is 2.89. The number of likely N-dealkylation sites (tertiary alicyclic amines) is 1. The average molecular weight is 320 g/mol. The van der Waals surface area contributed by atoms with Crippen LogP contribution in [0, 0.1) is 6.92 Å². The molecule has 128 valence electrons. The lowest BCUT2D eigenvalue weighted by atomic mass is 9.98. The van der Waals surface area contributed by atoms with E-state index in [1.54, 1.807) is 0 Å². The Morgan fingerprint density at radius 3 is 2.74 bits per heavy atom. The maximum atomic E-state index is 13.0. The number of nitrogens with zero attached hydrogens (tertiary/aromatic N) is 4. The maximum Gasteiger partial charge on any atom is 0.257 e. The number of fused-ring (bicyclic) bond motifs is 1. The van der Waals surface area contributed by atoms with E-state index in [-0.39, 0.29) is 17.6 Å². The highest BCUT2D eigenvalue weighted by molar-refractivity contribution is 5.95. The van der Waals surface area contributed by atoms with Crippen molar-refractivity contribution in [1.29, 1.82) is 0 Å². The van der Waals surface area contributed by atoms with E-state index in [0.29, 0.717) is 6.04 Å². The Morgan fingerprint density at radius 1 is 1.35 bits per heavy atom. The molecule has 2 saturated heterocycles. The second kappa shape index (κ2) is 5.91. The van der Waals surface area contributed by atoms with Gasteiger partial charge in [-0.2, -0.15) is 5.10 Å². The van der Waals surface area contributed by atoms with Gasteiger partial charge >= 0.3 is 0 Å². The molecule has 1 amide bonds. The molecule has 6 heteroatoms. The molecule has 0 spiro atoms. The van der Waals surface area contributed by atoms with E-state index in [4.69, 9.17) is 4.74 Å². The third-order valence-electron chi connectivity index (χ3n) is 4.97. The normalized spacial score (nSPS) is 26.2. The summed E-state index contributed by atoms with van der Waals surface area (Å²) in [5, 5.41) is 4.53. The Labute approximate surface area is 138 Å². The van der Waals surface area contributed by atoms with Gasteiger partial charge in [0, 0.05) is 25.8 Å². The number of likely N-dealkylation sites (N-methyl/N-ethyl adjacent to an activating group) is 1. The molecule has 0 bridgehead atoms. The zero-order chi connectivity index (χ0) is 16.8. The van der Waals surface area contributed by atoms with E-state index in [2.05, 4.69) is 37.8 Å². The summed E-state index contributed by atoms with van der Waals surface area (Å²) in [4.78, 5) is 17.2. The van der Waals surface area contributed by atoms with Crippen LogP contribution in [0.4, 0.5) is 0 Å². The number of piperidine rings is 1. The summed E-state index contributed by atoms with van der Waals surface area (Å²) >= 11 is 0. The van der Waals surface area contributed by atoms with Crippen molar-refractivity contribution in [2.45, 2.75) is 51.8 Å². The standard InChI is InChI=1S/C17H28N4O2/c1-12-13(10-21(18-12)17(2,3)4)16(22)20-7-6-15-14(11-20)19(5)8-9-23-15/h10,14-15H,6-9,11H2,1-5H3/t14-,15-/m1/s1. The molecule has 2 fully saturated rings. The lowest BCUT2D eigenvalue weighted by molar-refractivity contribution is -0.0893. The number of hydrogen-bond acceptors (Lipinski definition) is 4. The highest BCUT2D eigenvalue weighted by Crippen LogP contribution is 2.24. The Hall–Kier alpha value is -1.40. The minimum atomic E-state index is -0.117. The first kappa shape index (κ1) is 16.5.